The van der Waals surface area contributed by atoms with Crippen molar-refractivity contribution in [3.8, 4) is 0 Å². The highest BCUT2D eigenvalue weighted by Crippen LogP contribution is 2.47. The maximum absolute atomic E-state index is 12.3. The molecule has 0 radical (unpaired) electrons. The maximum atomic E-state index is 12.3. The summed E-state index contributed by atoms with van der Waals surface area (Å²) in [4.78, 5) is 14.3. The number of rotatable bonds is 5. The zero-order valence-electron chi connectivity index (χ0n) is 11.5. The van der Waals surface area contributed by atoms with Gasteiger partial charge in [0.15, 0.2) is 0 Å². The van der Waals surface area contributed by atoms with Gasteiger partial charge in [-0.05, 0) is 50.2 Å². The Bertz CT molecular complexity index is 499. The van der Waals surface area contributed by atoms with Gasteiger partial charge in [-0.3, -0.25) is 4.79 Å². The monoisotopic (exact) mass is 259 g/mol. The lowest BCUT2D eigenvalue weighted by Crippen LogP contribution is -2.33. The van der Waals surface area contributed by atoms with Crippen molar-refractivity contribution in [2.45, 2.75) is 57.5 Å². The van der Waals surface area contributed by atoms with Crippen LogP contribution in [0.2, 0.25) is 0 Å². The van der Waals surface area contributed by atoms with Crippen LogP contribution in [0.25, 0.3) is 0 Å². The Morgan fingerprint density at radius 2 is 2.05 bits per heavy atom. The van der Waals surface area contributed by atoms with Crippen LogP contribution in [0, 0.1) is 11.8 Å². The summed E-state index contributed by atoms with van der Waals surface area (Å²) in [7, 11) is 0. The Balaban J connectivity index is 1.45. The van der Waals surface area contributed by atoms with Gasteiger partial charge in [0.2, 0.25) is 5.91 Å². The van der Waals surface area contributed by atoms with Crippen LogP contribution >= 0.6 is 0 Å². The minimum atomic E-state index is 0.318. The molecule has 0 saturated heterocycles. The molecule has 0 spiro atoms. The fourth-order valence-corrected chi connectivity index (χ4v) is 2.90. The lowest BCUT2D eigenvalue weighted by atomic mass is 10.2. The van der Waals surface area contributed by atoms with Crippen LogP contribution < -0.4 is 0 Å². The van der Waals surface area contributed by atoms with E-state index in [-0.39, 0.29) is 0 Å². The second-order valence-electron chi connectivity index (χ2n) is 6.60. The molecule has 3 aliphatic carbocycles. The Kier molecular flexibility index (Phi) is 2.51. The van der Waals surface area contributed by atoms with E-state index in [0.29, 0.717) is 30.3 Å². The fraction of sp³-hybridized carbons (Fsp3) is 0.688. The van der Waals surface area contributed by atoms with Gasteiger partial charge in [0.25, 0.3) is 0 Å². The van der Waals surface area contributed by atoms with E-state index in [1.165, 1.54) is 19.3 Å². The molecule has 2 atom stereocenters. The number of amides is 1. The molecule has 3 nitrogen and oxygen atoms in total. The molecule has 3 heteroatoms. The second-order valence-corrected chi connectivity index (χ2v) is 6.60. The van der Waals surface area contributed by atoms with Crippen LogP contribution in [0.3, 0.4) is 0 Å². The molecule has 102 valence electrons. The lowest BCUT2D eigenvalue weighted by molar-refractivity contribution is -0.134. The molecule has 4 rings (SSSR count). The van der Waals surface area contributed by atoms with E-state index in [4.69, 9.17) is 4.42 Å². The Morgan fingerprint density at radius 3 is 2.63 bits per heavy atom. The van der Waals surface area contributed by atoms with Crippen molar-refractivity contribution in [3.63, 3.8) is 0 Å². The minimum Gasteiger partial charge on any atom is -0.464 e. The first-order valence-electron chi connectivity index (χ1n) is 7.61. The molecule has 19 heavy (non-hydrogen) atoms. The van der Waals surface area contributed by atoms with E-state index in [1.54, 1.807) is 0 Å². The zero-order chi connectivity index (χ0) is 13.0. The molecule has 1 heterocycles. The summed E-state index contributed by atoms with van der Waals surface area (Å²) in [5, 5.41) is 0. The van der Waals surface area contributed by atoms with Crippen molar-refractivity contribution < 1.29 is 9.21 Å². The Hall–Kier alpha value is -1.25. The number of nitrogens with zero attached hydrogens (tertiary/aromatic N) is 1. The summed E-state index contributed by atoms with van der Waals surface area (Å²) >= 11 is 0. The smallest absolute Gasteiger partial charge is 0.226 e. The highest BCUT2D eigenvalue weighted by atomic mass is 16.3. The molecule has 0 aliphatic heterocycles. The third-order valence-corrected chi connectivity index (χ3v) is 4.68. The van der Waals surface area contributed by atoms with Crippen molar-refractivity contribution >= 4 is 5.91 Å². The first-order chi connectivity index (χ1) is 9.22. The quantitative estimate of drug-likeness (QED) is 0.813. The number of carbonyl (C=O) groups excluding carboxylic acids is 1. The summed E-state index contributed by atoms with van der Waals surface area (Å²) in [5.41, 5.74) is 0. The SMILES string of the molecule is CC1CC1c1ccc(CN(C(=O)C2CC2)C2CC2)o1. The van der Waals surface area contributed by atoms with Crippen LogP contribution in [0.5, 0.6) is 0 Å². The summed E-state index contributed by atoms with van der Waals surface area (Å²) < 4.78 is 5.94. The Morgan fingerprint density at radius 1 is 1.32 bits per heavy atom. The number of hydrogen-bond donors (Lipinski definition) is 0. The molecule has 3 aliphatic rings. The molecule has 1 amide bonds. The fourth-order valence-electron chi connectivity index (χ4n) is 2.90. The first-order valence-corrected chi connectivity index (χ1v) is 7.61. The van der Waals surface area contributed by atoms with Gasteiger partial charge in [0.1, 0.15) is 11.5 Å². The van der Waals surface area contributed by atoms with E-state index in [0.717, 1.165) is 30.3 Å². The highest BCUT2D eigenvalue weighted by Gasteiger charge is 2.41. The Labute approximate surface area is 114 Å². The molecule has 3 saturated carbocycles. The molecule has 2 unspecified atom stereocenters. The van der Waals surface area contributed by atoms with Crippen LogP contribution in [0.15, 0.2) is 16.5 Å². The van der Waals surface area contributed by atoms with E-state index >= 15 is 0 Å². The molecule has 0 N–H and O–H groups in total. The van der Waals surface area contributed by atoms with Crippen molar-refractivity contribution in [1.29, 1.82) is 0 Å². The van der Waals surface area contributed by atoms with Crippen LogP contribution in [0.1, 0.15) is 56.5 Å². The van der Waals surface area contributed by atoms with Gasteiger partial charge in [0, 0.05) is 17.9 Å². The predicted molar refractivity (Wildman–Crippen MR) is 71.5 cm³/mol. The van der Waals surface area contributed by atoms with Crippen LogP contribution in [0.4, 0.5) is 0 Å². The lowest BCUT2D eigenvalue weighted by Gasteiger charge is -2.21. The van der Waals surface area contributed by atoms with Crippen LogP contribution in [-0.4, -0.2) is 16.8 Å². The largest absolute Gasteiger partial charge is 0.464 e. The third kappa shape index (κ3) is 2.31. The summed E-state index contributed by atoms with van der Waals surface area (Å²) in [6.07, 6.45) is 5.77. The van der Waals surface area contributed by atoms with E-state index in [2.05, 4.69) is 24.0 Å². The van der Waals surface area contributed by atoms with Gasteiger partial charge in [-0.2, -0.15) is 0 Å². The zero-order valence-corrected chi connectivity index (χ0v) is 11.5. The maximum Gasteiger partial charge on any atom is 0.226 e. The van der Waals surface area contributed by atoms with Crippen LogP contribution in [-0.2, 0) is 11.3 Å². The van der Waals surface area contributed by atoms with Gasteiger partial charge in [0.05, 0.1) is 6.54 Å². The number of carbonyl (C=O) groups is 1. The second kappa shape index (κ2) is 4.12. The molecule has 1 aromatic heterocycles. The standard InChI is InChI=1S/C16H21NO2/c1-10-8-14(10)15-7-6-13(19-15)9-17(12-4-5-12)16(18)11-2-3-11/h6-7,10-12,14H,2-5,8-9H2,1H3. The summed E-state index contributed by atoms with van der Waals surface area (Å²) in [6, 6.07) is 4.66. The first kappa shape index (κ1) is 11.6. The summed E-state index contributed by atoms with van der Waals surface area (Å²) in [6.45, 7) is 2.95. The minimum absolute atomic E-state index is 0.318. The molecule has 0 bridgehead atoms. The van der Waals surface area contributed by atoms with Crippen molar-refractivity contribution in [2.75, 3.05) is 0 Å². The molecule has 3 fully saturated rings. The molecule has 1 aromatic rings. The van der Waals surface area contributed by atoms with Crippen molar-refractivity contribution in [2.24, 2.45) is 11.8 Å². The van der Waals surface area contributed by atoms with E-state index in [1.807, 2.05) is 0 Å². The van der Waals surface area contributed by atoms with Gasteiger partial charge < -0.3 is 9.32 Å². The molecular formula is C16H21NO2. The van der Waals surface area contributed by atoms with Gasteiger partial charge in [-0.25, -0.2) is 0 Å². The van der Waals surface area contributed by atoms with Crippen molar-refractivity contribution in [3.05, 3.63) is 23.7 Å². The van der Waals surface area contributed by atoms with E-state index in [9.17, 15) is 4.79 Å². The number of furan rings is 1. The highest BCUT2D eigenvalue weighted by molar-refractivity contribution is 5.81. The average Bonchev–Trinajstić information content (AvgIpc) is 3.24. The number of hydrogen-bond acceptors (Lipinski definition) is 2. The normalized spacial score (nSPS) is 29.3. The van der Waals surface area contributed by atoms with Gasteiger partial charge in [-0.1, -0.05) is 6.92 Å². The van der Waals surface area contributed by atoms with Crippen molar-refractivity contribution in [1.82, 2.24) is 4.90 Å². The van der Waals surface area contributed by atoms with Gasteiger partial charge >= 0.3 is 0 Å². The average molecular weight is 259 g/mol. The third-order valence-electron chi connectivity index (χ3n) is 4.68. The summed E-state index contributed by atoms with van der Waals surface area (Å²) in [5.74, 6) is 4.17. The topological polar surface area (TPSA) is 33.5 Å². The molecular weight excluding hydrogens is 238 g/mol. The molecule has 0 aromatic carbocycles. The van der Waals surface area contributed by atoms with E-state index < -0.39 is 0 Å². The predicted octanol–water partition coefficient (Wildman–Crippen LogP) is 3.30. The van der Waals surface area contributed by atoms with Gasteiger partial charge in [-0.15, -0.1) is 0 Å².